The number of halogens is 1. The second-order valence-electron chi connectivity index (χ2n) is 4.39. The molecule has 0 spiro atoms. The number of pyridine rings is 1. The monoisotopic (exact) mass is 253 g/mol. The lowest BCUT2D eigenvalue weighted by molar-refractivity contribution is 0.347. The molecular weight excluding hydrogens is 238 g/mol. The molecule has 0 saturated heterocycles. The Morgan fingerprint density at radius 1 is 1.21 bits per heavy atom. The molecule has 1 aromatic rings. The number of rotatable bonds is 1. The van der Waals surface area contributed by atoms with Crippen LogP contribution in [-0.4, -0.2) is 4.98 Å². The molecule has 1 nitrogen and oxygen atoms in total. The van der Waals surface area contributed by atoms with Gasteiger partial charge in [0.1, 0.15) is 0 Å². The van der Waals surface area contributed by atoms with Crippen LogP contribution in [0.4, 0.5) is 0 Å². The van der Waals surface area contributed by atoms with Gasteiger partial charge in [-0.1, -0.05) is 19.8 Å². The van der Waals surface area contributed by atoms with E-state index in [0.717, 1.165) is 16.3 Å². The zero-order valence-corrected chi connectivity index (χ0v) is 10.1. The van der Waals surface area contributed by atoms with Crippen molar-refractivity contribution < 1.29 is 0 Å². The molecule has 2 heteroatoms. The maximum Gasteiger partial charge on any atom is 0.0410 e. The van der Waals surface area contributed by atoms with Gasteiger partial charge >= 0.3 is 0 Å². The summed E-state index contributed by atoms with van der Waals surface area (Å²) >= 11 is 3.48. The van der Waals surface area contributed by atoms with Gasteiger partial charge in [0.15, 0.2) is 0 Å². The molecule has 0 amide bonds. The van der Waals surface area contributed by atoms with Crippen LogP contribution < -0.4 is 0 Å². The van der Waals surface area contributed by atoms with Gasteiger partial charge in [-0.3, -0.25) is 4.98 Å². The summed E-state index contributed by atoms with van der Waals surface area (Å²) in [7, 11) is 0. The van der Waals surface area contributed by atoms with Crippen molar-refractivity contribution in [2.24, 2.45) is 5.92 Å². The predicted molar refractivity (Wildman–Crippen MR) is 62.3 cm³/mol. The van der Waals surface area contributed by atoms with Crippen LogP contribution >= 0.6 is 15.9 Å². The first kappa shape index (κ1) is 10.2. The Morgan fingerprint density at radius 2 is 1.93 bits per heavy atom. The Kier molecular flexibility index (Phi) is 3.22. The summed E-state index contributed by atoms with van der Waals surface area (Å²) in [5, 5.41) is 0. The third-order valence-electron chi connectivity index (χ3n) is 3.21. The second kappa shape index (κ2) is 4.43. The first-order valence-electron chi connectivity index (χ1n) is 5.36. The predicted octanol–water partition coefficient (Wildman–Crippen LogP) is 4.14. The molecule has 1 fully saturated rings. The summed E-state index contributed by atoms with van der Waals surface area (Å²) in [4.78, 5) is 4.23. The molecule has 0 radical (unpaired) electrons. The zero-order valence-electron chi connectivity index (χ0n) is 8.54. The quantitative estimate of drug-likeness (QED) is 0.734. The van der Waals surface area contributed by atoms with Crippen LogP contribution in [0, 0.1) is 5.92 Å². The van der Waals surface area contributed by atoms with Crippen molar-refractivity contribution in [3.63, 3.8) is 0 Å². The number of nitrogens with zero attached hydrogens (tertiary/aromatic N) is 1. The molecule has 1 aromatic heterocycles. The average Bonchev–Trinajstić information content (AvgIpc) is 2.19. The lowest BCUT2D eigenvalue weighted by Crippen LogP contribution is -2.10. The zero-order chi connectivity index (χ0) is 9.97. The van der Waals surface area contributed by atoms with Gasteiger partial charge in [-0.2, -0.15) is 0 Å². The first-order valence-corrected chi connectivity index (χ1v) is 6.15. The van der Waals surface area contributed by atoms with Gasteiger partial charge in [0.25, 0.3) is 0 Å². The van der Waals surface area contributed by atoms with Crippen molar-refractivity contribution in [1.29, 1.82) is 0 Å². The van der Waals surface area contributed by atoms with E-state index in [-0.39, 0.29) is 0 Å². The lowest BCUT2D eigenvalue weighted by atomic mass is 9.80. The largest absolute Gasteiger partial charge is 0.263 e. The maximum atomic E-state index is 4.23. The Balaban J connectivity index is 2.08. The highest BCUT2D eigenvalue weighted by molar-refractivity contribution is 9.10. The van der Waals surface area contributed by atoms with E-state index in [4.69, 9.17) is 0 Å². The Hall–Kier alpha value is -0.370. The number of hydrogen-bond donors (Lipinski definition) is 0. The van der Waals surface area contributed by atoms with Crippen LogP contribution in [0.2, 0.25) is 0 Å². The van der Waals surface area contributed by atoms with Crippen LogP contribution in [-0.2, 0) is 0 Å². The molecule has 1 saturated carbocycles. The van der Waals surface area contributed by atoms with Gasteiger partial charge < -0.3 is 0 Å². The molecule has 1 heterocycles. The van der Waals surface area contributed by atoms with Gasteiger partial charge in [0, 0.05) is 16.9 Å². The Labute approximate surface area is 94.1 Å². The molecular formula is C12H16BrN. The molecule has 2 rings (SSSR count). The van der Waals surface area contributed by atoms with Crippen molar-refractivity contribution in [3.05, 3.63) is 28.5 Å². The molecule has 0 aromatic carbocycles. The highest BCUT2D eigenvalue weighted by atomic mass is 79.9. The molecule has 0 bridgehead atoms. The fraction of sp³-hybridized carbons (Fsp3) is 0.583. The minimum atomic E-state index is 0.746. The maximum absolute atomic E-state index is 4.23. The molecule has 0 aliphatic heterocycles. The topological polar surface area (TPSA) is 12.9 Å². The highest BCUT2D eigenvalue weighted by Gasteiger charge is 2.19. The van der Waals surface area contributed by atoms with Crippen LogP contribution in [0.15, 0.2) is 22.9 Å². The summed E-state index contributed by atoms with van der Waals surface area (Å²) < 4.78 is 1.11. The van der Waals surface area contributed by atoms with Crippen molar-refractivity contribution in [2.45, 2.75) is 38.5 Å². The van der Waals surface area contributed by atoms with Crippen LogP contribution in [0.5, 0.6) is 0 Å². The van der Waals surface area contributed by atoms with Gasteiger partial charge in [-0.15, -0.1) is 0 Å². The third kappa shape index (κ3) is 2.35. The number of aromatic nitrogens is 1. The molecule has 0 unspecified atom stereocenters. The Morgan fingerprint density at radius 3 is 2.57 bits per heavy atom. The van der Waals surface area contributed by atoms with Crippen LogP contribution in [0.1, 0.15) is 44.1 Å². The third-order valence-corrected chi connectivity index (χ3v) is 3.65. The summed E-state index contributed by atoms with van der Waals surface area (Å²) in [6, 6.07) is 2.22. The van der Waals surface area contributed by atoms with Gasteiger partial charge in [0.2, 0.25) is 0 Å². The van der Waals surface area contributed by atoms with E-state index in [0.29, 0.717) is 0 Å². The molecule has 1 aliphatic rings. The van der Waals surface area contributed by atoms with Crippen molar-refractivity contribution in [1.82, 2.24) is 4.98 Å². The Bertz CT molecular complexity index is 303. The van der Waals surface area contributed by atoms with E-state index in [1.54, 1.807) is 0 Å². The van der Waals surface area contributed by atoms with E-state index in [9.17, 15) is 0 Å². The normalized spacial score (nSPS) is 27.6. The first-order chi connectivity index (χ1) is 6.75. The summed E-state index contributed by atoms with van der Waals surface area (Å²) in [5.41, 5.74) is 1.41. The molecule has 14 heavy (non-hydrogen) atoms. The van der Waals surface area contributed by atoms with Crippen LogP contribution in [0.25, 0.3) is 0 Å². The van der Waals surface area contributed by atoms with Gasteiger partial charge in [0.05, 0.1) is 0 Å². The van der Waals surface area contributed by atoms with Crippen molar-refractivity contribution >= 4 is 15.9 Å². The standard InChI is InChI=1S/C12H16BrN/c1-9-2-4-10(5-3-9)11-6-12(13)8-14-7-11/h6-10H,2-5H2,1H3. The van der Waals surface area contributed by atoms with E-state index in [1.165, 1.54) is 31.2 Å². The molecule has 1 aliphatic carbocycles. The van der Waals surface area contributed by atoms with Crippen LogP contribution in [0.3, 0.4) is 0 Å². The fourth-order valence-electron chi connectivity index (χ4n) is 2.24. The van der Waals surface area contributed by atoms with Crippen molar-refractivity contribution in [2.75, 3.05) is 0 Å². The van der Waals surface area contributed by atoms with E-state index in [2.05, 4.69) is 33.9 Å². The van der Waals surface area contributed by atoms with Crippen molar-refractivity contribution in [3.8, 4) is 0 Å². The SMILES string of the molecule is CC1CCC(c2cncc(Br)c2)CC1. The smallest absolute Gasteiger partial charge is 0.0410 e. The molecule has 76 valence electrons. The molecule has 0 N–H and O–H groups in total. The van der Waals surface area contributed by atoms with E-state index >= 15 is 0 Å². The summed E-state index contributed by atoms with van der Waals surface area (Å²) in [6.07, 6.45) is 9.29. The highest BCUT2D eigenvalue weighted by Crippen LogP contribution is 2.35. The van der Waals surface area contributed by atoms with E-state index < -0.39 is 0 Å². The van der Waals surface area contributed by atoms with E-state index in [1.807, 2.05) is 12.4 Å². The number of hydrogen-bond acceptors (Lipinski definition) is 1. The van der Waals surface area contributed by atoms with Gasteiger partial charge in [-0.05, 0) is 52.2 Å². The minimum absolute atomic E-state index is 0.746. The molecule has 0 atom stereocenters. The lowest BCUT2D eigenvalue weighted by Gasteiger charge is -2.26. The minimum Gasteiger partial charge on any atom is -0.263 e. The fourth-order valence-corrected chi connectivity index (χ4v) is 2.63. The van der Waals surface area contributed by atoms with Gasteiger partial charge in [-0.25, -0.2) is 0 Å². The second-order valence-corrected chi connectivity index (χ2v) is 5.31. The average molecular weight is 254 g/mol. The summed E-state index contributed by atoms with van der Waals surface area (Å²) in [6.45, 7) is 2.36. The summed E-state index contributed by atoms with van der Waals surface area (Å²) in [5.74, 6) is 1.67.